The van der Waals surface area contributed by atoms with Gasteiger partial charge in [-0.3, -0.25) is 4.79 Å². The van der Waals surface area contributed by atoms with Crippen LogP contribution in [0.15, 0.2) is 0 Å². The van der Waals surface area contributed by atoms with Gasteiger partial charge in [0.1, 0.15) is 37.1 Å². The predicted molar refractivity (Wildman–Crippen MR) is 71.1 cm³/mol. The zero-order valence-electron chi connectivity index (χ0n) is 12.5. The first-order chi connectivity index (χ1) is 9.58. The smallest absolute Gasteiger partial charge is 0.302 e. The number of ether oxygens (including phenoxy) is 5. The number of carbonyl (C=O) groups excluding carboxylic acids is 1. The first-order valence-corrected chi connectivity index (χ1v) is 6.38. The van der Waals surface area contributed by atoms with Gasteiger partial charge < -0.3 is 23.7 Å². The third-order valence-electron chi connectivity index (χ3n) is 3.19. The largest absolute Gasteiger partial charge is 0.463 e. The molecule has 114 valence electrons. The fraction of sp³-hybridized carbons (Fsp3) is 0.786. The van der Waals surface area contributed by atoms with Crippen molar-refractivity contribution in [3.05, 3.63) is 0 Å². The Morgan fingerprint density at radius 1 is 1.10 bits per heavy atom. The Morgan fingerprint density at radius 3 is 2.15 bits per heavy atom. The van der Waals surface area contributed by atoms with Crippen LogP contribution >= 0.6 is 0 Å². The Bertz CT molecular complexity index is 372. The Balaban J connectivity index is 2.92. The maximum Gasteiger partial charge on any atom is 0.302 e. The van der Waals surface area contributed by atoms with Gasteiger partial charge in [-0.2, -0.15) is 0 Å². The molecule has 1 aliphatic heterocycles. The number of esters is 1. The van der Waals surface area contributed by atoms with Gasteiger partial charge in [0.05, 0.1) is 0 Å². The standard InChI is InChI=1S/C14H22O6/c1-6-7-10-12(16-3)14(18-5)13(17-4)11(20-10)8-19-9(2)15/h10-14H,8H2,1-5H3/t10-,11-,12+,13+,14-/m1/s1. The molecular formula is C14H22O6. The average Bonchev–Trinajstić information content (AvgIpc) is 2.44. The monoisotopic (exact) mass is 286 g/mol. The van der Waals surface area contributed by atoms with Crippen molar-refractivity contribution in [1.29, 1.82) is 0 Å². The highest BCUT2D eigenvalue weighted by Crippen LogP contribution is 2.27. The second-order valence-corrected chi connectivity index (χ2v) is 4.39. The summed E-state index contributed by atoms with van der Waals surface area (Å²) in [6.07, 6.45) is -2.04. The molecular weight excluding hydrogens is 264 g/mol. The third kappa shape index (κ3) is 3.93. The van der Waals surface area contributed by atoms with Crippen molar-refractivity contribution in [2.45, 2.75) is 44.4 Å². The summed E-state index contributed by atoms with van der Waals surface area (Å²) in [5.74, 6) is 5.37. The van der Waals surface area contributed by atoms with Gasteiger partial charge in [-0.25, -0.2) is 0 Å². The lowest BCUT2D eigenvalue weighted by Crippen LogP contribution is -2.60. The van der Waals surface area contributed by atoms with Crippen molar-refractivity contribution in [2.24, 2.45) is 0 Å². The van der Waals surface area contributed by atoms with E-state index in [9.17, 15) is 4.79 Å². The molecule has 0 spiro atoms. The molecule has 6 nitrogen and oxygen atoms in total. The fourth-order valence-corrected chi connectivity index (χ4v) is 2.32. The first-order valence-electron chi connectivity index (χ1n) is 6.38. The Morgan fingerprint density at radius 2 is 1.70 bits per heavy atom. The summed E-state index contributed by atoms with van der Waals surface area (Å²) in [7, 11) is 4.70. The summed E-state index contributed by atoms with van der Waals surface area (Å²) in [5.41, 5.74) is 0. The van der Waals surface area contributed by atoms with E-state index in [-0.39, 0.29) is 24.8 Å². The molecule has 0 radical (unpaired) electrons. The highest BCUT2D eigenvalue weighted by Gasteiger charge is 2.46. The molecule has 0 bridgehead atoms. The molecule has 0 unspecified atom stereocenters. The Kier molecular flexibility index (Phi) is 6.96. The third-order valence-corrected chi connectivity index (χ3v) is 3.19. The van der Waals surface area contributed by atoms with E-state index in [4.69, 9.17) is 23.7 Å². The molecule has 5 atom stereocenters. The summed E-state index contributed by atoms with van der Waals surface area (Å²) < 4.78 is 27.2. The second-order valence-electron chi connectivity index (χ2n) is 4.39. The fourth-order valence-electron chi connectivity index (χ4n) is 2.32. The van der Waals surface area contributed by atoms with Crippen LogP contribution in [0.4, 0.5) is 0 Å². The normalized spacial score (nSPS) is 33.1. The summed E-state index contributed by atoms with van der Waals surface area (Å²) >= 11 is 0. The number of hydrogen-bond donors (Lipinski definition) is 0. The van der Waals surface area contributed by atoms with E-state index in [0.717, 1.165) is 0 Å². The Labute approximate surface area is 119 Å². The second kappa shape index (κ2) is 8.22. The van der Waals surface area contributed by atoms with Gasteiger partial charge >= 0.3 is 5.97 Å². The molecule has 0 aromatic carbocycles. The quantitative estimate of drug-likeness (QED) is 0.538. The molecule has 0 aromatic heterocycles. The zero-order chi connectivity index (χ0) is 15.1. The molecule has 0 amide bonds. The van der Waals surface area contributed by atoms with Crippen LogP contribution in [0.2, 0.25) is 0 Å². The summed E-state index contributed by atoms with van der Waals surface area (Å²) in [5, 5.41) is 0. The van der Waals surface area contributed by atoms with E-state index in [1.807, 2.05) is 0 Å². The summed E-state index contributed by atoms with van der Waals surface area (Å²) in [6.45, 7) is 3.16. The summed E-state index contributed by atoms with van der Waals surface area (Å²) in [6, 6.07) is 0. The van der Waals surface area contributed by atoms with Crippen LogP contribution in [0, 0.1) is 11.8 Å². The van der Waals surface area contributed by atoms with E-state index >= 15 is 0 Å². The lowest BCUT2D eigenvalue weighted by atomic mass is 9.94. The number of hydrogen-bond acceptors (Lipinski definition) is 6. The minimum Gasteiger partial charge on any atom is -0.463 e. The van der Waals surface area contributed by atoms with Crippen LogP contribution < -0.4 is 0 Å². The molecule has 1 aliphatic rings. The van der Waals surface area contributed by atoms with Crippen LogP contribution in [0.3, 0.4) is 0 Å². The van der Waals surface area contributed by atoms with Crippen LogP contribution in [-0.4, -0.2) is 64.4 Å². The highest BCUT2D eigenvalue weighted by molar-refractivity contribution is 5.65. The Hall–Kier alpha value is -1.13. The highest BCUT2D eigenvalue weighted by atomic mass is 16.6. The van der Waals surface area contributed by atoms with Crippen molar-refractivity contribution in [3.63, 3.8) is 0 Å². The van der Waals surface area contributed by atoms with Gasteiger partial charge in [0.2, 0.25) is 0 Å². The maximum atomic E-state index is 11.0. The first kappa shape index (κ1) is 16.9. The van der Waals surface area contributed by atoms with Gasteiger partial charge in [0, 0.05) is 28.3 Å². The van der Waals surface area contributed by atoms with Crippen molar-refractivity contribution in [1.82, 2.24) is 0 Å². The molecule has 0 aliphatic carbocycles. The van der Waals surface area contributed by atoms with Crippen LogP contribution in [0.1, 0.15) is 13.8 Å². The van der Waals surface area contributed by atoms with Crippen LogP contribution in [0.5, 0.6) is 0 Å². The van der Waals surface area contributed by atoms with Gasteiger partial charge in [-0.15, -0.1) is 5.92 Å². The van der Waals surface area contributed by atoms with Gasteiger partial charge in [0.15, 0.2) is 0 Å². The van der Waals surface area contributed by atoms with E-state index in [1.54, 1.807) is 28.3 Å². The number of methoxy groups -OCH3 is 3. The van der Waals surface area contributed by atoms with Crippen molar-refractivity contribution >= 4 is 5.97 Å². The molecule has 1 rings (SSSR count). The molecule has 0 N–H and O–H groups in total. The van der Waals surface area contributed by atoms with E-state index < -0.39 is 18.3 Å². The number of carbonyl (C=O) groups is 1. The molecule has 0 aromatic rings. The maximum absolute atomic E-state index is 11.0. The average molecular weight is 286 g/mol. The number of rotatable bonds is 5. The summed E-state index contributed by atoms with van der Waals surface area (Å²) in [4.78, 5) is 11.0. The lowest BCUT2D eigenvalue weighted by molar-refractivity contribution is -0.237. The van der Waals surface area contributed by atoms with E-state index in [1.165, 1.54) is 6.92 Å². The van der Waals surface area contributed by atoms with Crippen molar-refractivity contribution in [3.8, 4) is 11.8 Å². The molecule has 6 heteroatoms. The topological polar surface area (TPSA) is 63.2 Å². The van der Waals surface area contributed by atoms with Crippen molar-refractivity contribution < 1.29 is 28.5 Å². The van der Waals surface area contributed by atoms with E-state index in [2.05, 4.69) is 11.8 Å². The molecule has 0 saturated carbocycles. The molecule has 1 saturated heterocycles. The van der Waals surface area contributed by atoms with Crippen molar-refractivity contribution in [2.75, 3.05) is 27.9 Å². The van der Waals surface area contributed by atoms with E-state index in [0.29, 0.717) is 0 Å². The molecule has 1 heterocycles. The minimum absolute atomic E-state index is 0.0893. The van der Waals surface area contributed by atoms with Gasteiger partial charge in [-0.05, 0) is 6.92 Å². The van der Waals surface area contributed by atoms with Gasteiger partial charge in [-0.1, -0.05) is 5.92 Å². The molecule has 20 heavy (non-hydrogen) atoms. The molecule has 1 fully saturated rings. The zero-order valence-corrected chi connectivity index (χ0v) is 12.5. The lowest BCUT2D eigenvalue weighted by Gasteiger charge is -2.43. The predicted octanol–water partition coefficient (Wildman–Crippen LogP) is 0.385. The SMILES string of the molecule is CC#C[C@H]1O[C@H](COC(C)=O)[C@H](OC)[C@H](OC)[C@H]1OC. The van der Waals surface area contributed by atoms with Gasteiger partial charge in [0.25, 0.3) is 0 Å². The minimum atomic E-state index is -0.457. The van der Waals surface area contributed by atoms with Crippen LogP contribution in [-0.2, 0) is 28.5 Å². The van der Waals surface area contributed by atoms with Crippen LogP contribution in [0.25, 0.3) is 0 Å².